The van der Waals surface area contributed by atoms with Gasteiger partial charge in [0.1, 0.15) is 5.75 Å². The van der Waals surface area contributed by atoms with Crippen molar-refractivity contribution < 1.29 is 9.53 Å². The lowest BCUT2D eigenvalue weighted by molar-refractivity contribution is -0.130. The lowest BCUT2D eigenvalue weighted by Crippen LogP contribution is -2.54. The van der Waals surface area contributed by atoms with E-state index in [0.717, 1.165) is 78.3 Å². The first-order valence-electron chi connectivity index (χ1n) is 14.8. The highest BCUT2D eigenvalue weighted by molar-refractivity contribution is 7.18. The molecule has 8 heteroatoms. The third kappa shape index (κ3) is 6.10. The smallest absolute Gasteiger partial charge is 0.256 e. The van der Waals surface area contributed by atoms with Gasteiger partial charge in [0, 0.05) is 56.4 Å². The second-order valence-electron chi connectivity index (χ2n) is 11.1. The number of aryl methyl sites for hydroxylation is 1. The molecule has 3 atom stereocenters. The molecular formula is C33H39N5O2S. The summed E-state index contributed by atoms with van der Waals surface area (Å²) in [6.07, 6.45) is 13.2. The number of hydrogen-bond donors (Lipinski definition) is 2. The summed E-state index contributed by atoms with van der Waals surface area (Å²) in [4.78, 5) is 23.4. The number of thiazole rings is 1. The summed E-state index contributed by atoms with van der Waals surface area (Å²) in [6.45, 7) is 4.72. The summed E-state index contributed by atoms with van der Waals surface area (Å²) in [7, 11) is 0. The number of fused-ring (bicyclic) bond motifs is 1. The predicted molar refractivity (Wildman–Crippen MR) is 167 cm³/mol. The molecule has 3 heterocycles. The van der Waals surface area contributed by atoms with Crippen molar-refractivity contribution >= 4 is 33.2 Å². The zero-order valence-electron chi connectivity index (χ0n) is 23.7. The van der Waals surface area contributed by atoms with Crippen LogP contribution in [0.25, 0.3) is 15.9 Å². The number of nitrogens with two attached hydrogens (primary N) is 1. The summed E-state index contributed by atoms with van der Waals surface area (Å²) in [6, 6.07) is 16.6. The Morgan fingerprint density at radius 3 is 2.85 bits per heavy atom. The molecule has 0 unspecified atom stereocenters. The minimum atomic E-state index is 0.0287. The van der Waals surface area contributed by atoms with E-state index in [1.54, 1.807) is 11.3 Å². The fourth-order valence-corrected chi connectivity index (χ4v) is 7.10. The average Bonchev–Trinajstić information content (AvgIpc) is 3.23. The highest BCUT2D eigenvalue weighted by Crippen LogP contribution is 2.34. The monoisotopic (exact) mass is 569 g/mol. The van der Waals surface area contributed by atoms with Gasteiger partial charge in [0.2, 0.25) is 0 Å². The van der Waals surface area contributed by atoms with Gasteiger partial charge in [-0.1, -0.05) is 49.2 Å². The van der Waals surface area contributed by atoms with Gasteiger partial charge in [-0.15, -0.1) is 11.3 Å². The number of allylic oxidation sites excluding steroid dienone is 2. The standard InChI is InChI=1S/C33H39N5O2S/c1-23-36-29-21-26(14-15-31(29)41-23)40-20-16-25-22-35-17-19-37(25)33(39)27-11-7-8-18-38(30-13-6-5-12-28(30)34)32(27)24-9-3-2-4-10-24/h2-4,7-11,14-15,18,21,25,28,30,35H,5-6,12-13,16-17,19-20,22,34H2,1H3/t25-,28+,30+/m1/s1. The summed E-state index contributed by atoms with van der Waals surface area (Å²) in [5.41, 5.74) is 10.4. The van der Waals surface area contributed by atoms with Gasteiger partial charge < -0.3 is 25.6 Å². The van der Waals surface area contributed by atoms with Crippen molar-refractivity contribution in [2.45, 2.75) is 57.2 Å². The summed E-state index contributed by atoms with van der Waals surface area (Å²) >= 11 is 1.69. The van der Waals surface area contributed by atoms with Crippen molar-refractivity contribution in [1.29, 1.82) is 0 Å². The predicted octanol–water partition coefficient (Wildman–Crippen LogP) is 5.24. The molecule has 3 aliphatic rings. The van der Waals surface area contributed by atoms with Crippen molar-refractivity contribution in [2.24, 2.45) is 5.73 Å². The lowest BCUT2D eigenvalue weighted by Gasteiger charge is -2.41. The van der Waals surface area contributed by atoms with Gasteiger partial charge in [-0.3, -0.25) is 4.79 Å². The number of hydrogen-bond acceptors (Lipinski definition) is 7. The second kappa shape index (κ2) is 12.6. The number of nitrogens with zero attached hydrogens (tertiary/aromatic N) is 3. The Morgan fingerprint density at radius 1 is 1.15 bits per heavy atom. The van der Waals surface area contributed by atoms with Crippen LogP contribution in [0.2, 0.25) is 0 Å². The Hall–Kier alpha value is -3.46. The van der Waals surface area contributed by atoms with E-state index in [2.05, 4.69) is 39.6 Å². The maximum atomic E-state index is 14.4. The number of carbonyl (C=O) groups is 1. The minimum absolute atomic E-state index is 0.0287. The molecule has 6 rings (SSSR count). The molecule has 3 N–H and O–H groups in total. The van der Waals surface area contributed by atoms with E-state index in [0.29, 0.717) is 13.2 Å². The van der Waals surface area contributed by atoms with Crippen molar-refractivity contribution in [3.8, 4) is 5.75 Å². The van der Waals surface area contributed by atoms with Gasteiger partial charge in [-0.05, 0) is 49.6 Å². The molecule has 1 aromatic heterocycles. The SMILES string of the molecule is Cc1nc2cc(OCC[C@@H]3CNCCN3C(=O)C3=C(c4ccccc4)N([C@H]4CCCC[C@@H]4N)C=CC=C3)ccc2s1. The molecule has 2 aromatic carbocycles. The first kappa shape index (κ1) is 27.7. The van der Waals surface area contributed by atoms with Crippen LogP contribution in [0.3, 0.4) is 0 Å². The molecule has 1 amide bonds. The van der Waals surface area contributed by atoms with E-state index >= 15 is 0 Å². The molecule has 3 aromatic rings. The Bertz CT molecular complexity index is 1460. The maximum Gasteiger partial charge on any atom is 0.256 e. The minimum Gasteiger partial charge on any atom is -0.493 e. The van der Waals surface area contributed by atoms with E-state index in [9.17, 15) is 4.79 Å². The van der Waals surface area contributed by atoms with Crippen LogP contribution in [0.4, 0.5) is 0 Å². The first-order valence-corrected chi connectivity index (χ1v) is 15.6. The number of nitrogens with one attached hydrogen (secondary N) is 1. The fourth-order valence-electron chi connectivity index (χ4n) is 6.29. The summed E-state index contributed by atoms with van der Waals surface area (Å²) in [5, 5.41) is 4.54. The highest BCUT2D eigenvalue weighted by Gasteiger charge is 2.34. The molecule has 2 fully saturated rings. The molecule has 1 aliphatic carbocycles. The van der Waals surface area contributed by atoms with E-state index < -0.39 is 0 Å². The van der Waals surface area contributed by atoms with E-state index in [-0.39, 0.29) is 24.0 Å². The molecule has 0 spiro atoms. The molecule has 7 nitrogen and oxygen atoms in total. The van der Waals surface area contributed by atoms with Crippen LogP contribution < -0.4 is 15.8 Å². The zero-order valence-corrected chi connectivity index (χ0v) is 24.5. The van der Waals surface area contributed by atoms with Crippen LogP contribution in [0, 0.1) is 6.92 Å². The molecule has 214 valence electrons. The molecule has 0 bridgehead atoms. The number of rotatable bonds is 7. The van der Waals surface area contributed by atoms with Crippen molar-refractivity contribution in [1.82, 2.24) is 20.1 Å². The van der Waals surface area contributed by atoms with E-state index in [1.165, 1.54) is 4.70 Å². The molecular weight excluding hydrogens is 530 g/mol. The zero-order chi connectivity index (χ0) is 28.2. The van der Waals surface area contributed by atoms with Gasteiger partial charge in [0.15, 0.2) is 0 Å². The van der Waals surface area contributed by atoms with Gasteiger partial charge in [0.05, 0.1) is 33.1 Å². The molecule has 1 saturated carbocycles. The van der Waals surface area contributed by atoms with Crippen LogP contribution >= 0.6 is 11.3 Å². The topological polar surface area (TPSA) is 83.7 Å². The van der Waals surface area contributed by atoms with Gasteiger partial charge in [-0.2, -0.15) is 0 Å². The van der Waals surface area contributed by atoms with Crippen LogP contribution in [-0.2, 0) is 4.79 Å². The number of amides is 1. The van der Waals surface area contributed by atoms with E-state index in [1.807, 2.05) is 60.4 Å². The number of carbonyl (C=O) groups excluding carboxylic acids is 1. The Kier molecular flexibility index (Phi) is 8.51. The average molecular weight is 570 g/mol. The lowest BCUT2D eigenvalue weighted by atomic mass is 9.88. The molecule has 0 radical (unpaired) electrons. The van der Waals surface area contributed by atoms with Crippen LogP contribution in [0.1, 0.15) is 42.7 Å². The number of benzene rings is 2. The largest absolute Gasteiger partial charge is 0.493 e. The van der Waals surface area contributed by atoms with Crippen molar-refractivity contribution in [2.75, 3.05) is 26.2 Å². The van der Waals surface area contributed by atoms with Crippen LogP contribution in [-0.4, -0.2) is 65.1 Å². The third-order valence-electron chi connectivity index (χ3n) is 8.35. The summed E-state index contributed by atoms with van der Waals surface area (Å²) in [5.74, 6) is 0.875. The van der Waals surface area contributed by atoms with Gasteiger partial charge >= 0.3 is 0 Å². The number of ether oxygens (including phenoxy) is 1. The second-order valence-corrected chi connectivity index (χ2v) is 12.3. The summed E-state index contributed by atoms with van der Waals surface area (Å²) < 4.78 is 7.33. The Labute approximate surface area is 246 Å². The Balaban J connectivity index is 1.25. The number of piperazine rings is 1. The van der Waals surface area contributed by atoms with Gasteiger partial charge in [0.25, 0.3) is 5.91 Å². The fraction of sp³-hybridized carbons (Fsp3) is 0.394. The first-order chi connectivity index (χ1) is 20.1. The molecule has 2 aliphatic heterocycles. The molecule has 1 saturated heterocycles. The number of aromatic nitrogens is 1. The van der Waals surface area contributed by atoms with Crippen molar-refractivity contribution in [3.05, 3.63) is 89.1 Å². The third-order valence-corrected chi connectivity index (χ3v) is 9.30. The Morgan fingerprint density at radius 2 is 2.00 bits per heavy atom. The van der Waals surface area contributed by atoms with Crippen LogP contribution in [0.5, 0.6) is 5.75 Å². The van der Waals surface area contributed by atoms with E-state index in [4.69, 9.17) is 10.5 Å². The van der Waals surface area contributed by atoms with Gasteiger partial charge in [-0.25, -0.2) is 4.98 Å². The molecule has 41 heavy (non-hydrogen) atoms. The maximum absolute atomic E-state index is 14.4. The highest BCUT2D eigenvalue weighted by atomic mass is 32.1. The van der Waals surface area contributed by atoms with Crippen LogP contribution in [0.15, 0.2) is 78.5 Å². The van der Waals surface area contributed by atoms with Crippen molar-refractivity contribution in [3.63, 3.8) is 0 Å². The quantitative estimate of drug-likeness (QED) is 0.405. The normalized spacial score (nSPS) is 23.2.